The molecule has 0 N–H and O–H groups in total. The number of hydrogen-bond donors (Lipinski definition) is 0. The van der Waals surface area contributed by atoms with Crippen molar-refractivity contribution in [3.05, 3.63) is 30.0 Å². The summed E-state index contributed by atoms with van der Waals surface area (Å²) in [5.41, 5.74) is 2.25. The highest BCUT2D eigenvalue weighted by Crippen LogP contribution is 2.34. The third-order valence-corrected chi connectivity index (χ3v) is 4.01. The zero-order valence-corrected chi connectivity index (χ0v) is 12.6. The summed E-state index contributed by atoms with van der Waals surface area (Å²) in [7, 11) is 1.67. The van der Waals surface area contributed by atoms with Crippen molar-refractivity contribution >= 4 is 10.9 Å². The van der Waals surface area contributed by atoms with Crippen molar-refractivity contribution in [1.29, 1.82) is 0 Å². The quantitative estimate of drug-likeness (QED) is 0.792. The van der Waals surface area contributed by atoms with Crippen molar-refractivity contribution < 1.29 is 14.2 Å². The molecule has 0 bridgehead atoms. The molecule has 1 aliphatic rings. The fourth-order valence-corrected chi connectivity index (χ4v) is 2.69. The van der Waals surface area contributed by atoms with Crippen LogP contribution in [0.4, 0.5) is 0 Å². The van der Waals surface area contributed by atoms with E-state index in [0.717, 1.165) is 41.9 Å². The summed E-state index contributed by atoms with van der Waals surface area (Å²) in [4.78, 5) is 4.48. The summed E-state index contributed by atoms with van der Waals surface area (Å²) in [6.07, 6.45) is 4.02. The van der Waals surface area contributed by atoms with Gasteiger partial charge in [-0.15, -0.1) is 0 Å². The Kier molecular flexibility index (Phi) is 4.25. The highest BCUT2D eigenvalue weighted by Gasteiger charge is 2.21. The van der Waals surface area contributed by atoms with Gasteiger partial charge in [0.1, 0.15) is 18.1 Å². The van der Waals surface area contributed by atoms with E-state index in [1.807, 2.05) is 18.3 Å². The molecule has 0 saturated heterocycles. The fraction of sp³-hybridized carbons (Fsp3) is 0.471. The van der Waals surface area contributed by atoms with Gasteiger partial charge in [-0.05, 0) is 37.0 Å². The van der Waals surface area contributed by atoms with Gasteiger partial charge in [0.05, 0.1) is 24.9 Å². The van der Waals surface area contributed by atoms with Crippen LogP contribution in [0.15, 0.2) is 24.4 Å². The molecule has 0 amide bonds. The van der Waals surface area contributed by atoms with Gasteiger partial charge in [0.2, 0.25) is 0 Å². The largest absolute Gasteiger partial charge is 0.491 e. The lowest BCUT2D eigenvalue weighted by Crippen LogP contribution is -2.20. The van der Waals surface area contributed by atoms with Gasteiger partial charge in [0, 0.05) is 18.1 Å². The minimum Gasteiger partial charge on any atom is -0.491 e. The van der Waals surface area contributed by atoms with Crippen LogP contribution in [0.5, 0.6) is 11.5 Å². The molecular weight excluding hydrogens is 266 g/mol. The van der Waals surface area contributed by atoms with Gasteiger partial charge >= 0.3 is 0 Å². The predicted octanol–water partition coefficient (Wildman–Crippen LogP) is 3.22. The molecule has 1 unspecified atom stereocenters. The van der Waals surface area contributed by atoms with E-state index in [-0.39, 0.29) is 0 Å². The molecule has 0 radical (unpaired) electrons. The molecule has 21 heavy (non-hydrogen) atoms. The minimum atomic E-state index is 0.554. The Bertz CT molecular complexity index is 627. The molecule has 1 aromatic carbocycles. The molecule has 3 rings (SSSR count). The van der Waals surface area contributed by atoms with Gasteiger partial charge in [0.25, 0.3) is 0 Å². The molecule has 0 aliphatic carbocycles. The lowest BCUT2D eigenvalue weighted by Gasteiger charge is -2.25. The molecule has 1 atom stereocenters. The van der Waals surface area contributed by atoms with E-state index in [1.54, 1.807) is 7.11 Å². The minimum absolute atomic E-state index is 0.554. The van der Waals surface area contributed by atoms with Crippen LogP contribution in [-0.4, -0.2) is 31.9 Å². The first-order valence-electron chi connectivity index (χ1n) is 7.48. The van der Waals surface area contributed by atoms with Crippen molar-refractivity contribution in [1.82, 2.24) is 4.98 Å². The lowest BCUT2D eigenvalue weighted by atomic mass is 9.92. The van der Waals surface area contributed by atoms with E-state index in [1.165, 1.54) is 5.56 Å². The first-order valence-corrected chi connectivity index (χ1v) is 7.48. The molecule has 112 valence electrons. The average Bonchev–Trinajstić information content (AvgIpc) is 2.54. The smallest absolute Gasteiger partial charge is 0.141 e. The first kappa shape index (κ1) is 14.1. The molecule has 2 heterocycles. The Morgan fingerprint density at radius 2 is 2.24 bits per heavy atom. The number of rotatable bonds is 5. The van der Waals surface area contributed by atoms with Crippen molar-refractivity contribution in [3.8, 4) is 11.5 Å². The van der Waals surface area contributed by atoms with Crippen molar-refractivity contribution in [2.45, 2.75) is 19.8 Å². The first-order chi connectivity index (χ1) is 10.3. The summed E-state index contributed by atoms with van der Waals surface area (Å²) < 4.78 is 16.6. The van der Waals surface area contributed by atoms with E-state index >= 15 is 0 Å². The maximum absolute atomic E-state index is 5.85. The van der Waals surface area contributed by atoms with Gasteiger partial charge in [-0.2, -0.15) is 0 Å². The normalized spacial score (nSPS) is 17.3. The maximum Gasteiger partial charge on any atom is 0.141 e. The Balaban J connectivity index is 1.94. The van der Waals surface area contributed by atoms with Crippen LogP contribution >= 0.6 is 0 Å². The average molecular weight is 287 g/mol. The molecule has 1 aliphatic heterocycles. The maximum atomic E-state index is 5.85. The van der Waals surface area contributed by atoms with Crippen LogP contribution in [0.25, 0.3) is 10.9 Å². The molecular formula is C17H21NO3. The Labute approximate surface area is 125 Å². The van der Waals surface area contributed by atoms with Crippen LogP contribution in [0, 0.1) is 5.92 Å². The summed E-state index contributed by atoms with van der Waals surface area (Å²) in [6, 6.07) is 6.03. The monoisotopic (exact) mass is 287 g/mol. The molecule has 0 fully saturated rings. The van der Waals surface area contributed by atoms with Crippen LogP contribution < -0.4 is 9.47 Å². The molecule has 0 saturated carbocycles. The van der Waals surface area contributed by atoms with E-state index in [4.69, 9.17) is 14.2 Å². The summed E-state index contributed by atoms with van der Waals surface area (Å²) >= 11 is 0. The summed E-state index contributed by atoms with van der Waals surface area (Å²) in [5.74, 6) is 2.36. The van der Waals surface area contributed by atoms with Crippen LogP contribution in [0.2, 0.25) is 0 Å². The molecule has 0 spiro atoms. The van der Waals surface area contributed by atoms with Crippen molar-refractivity contribution in [3.63, 3.8) is 0 Å². The van der Waals surface area contributed by atoms with E-state index in [9.17, 15) is 0 Å². The van der Waals surface area contributed by atoms with Crippen molar-refractivity contribution in [2.24, 2.45) is 5.92 Å². The third kappa shape index (κ3) is 2.95. The van der Waals surface area contributed by atoms with Crippen molar-refractivity contribution in [2.75, 3.05) is 26.9 Å². The van der Waals surface area contributed by atoms with Crippen LogP contribution in [0.1, 0.15) is 18.9 Å². The van der Waals surface area contributed by atoms with Gasteiger partial charge in [-0.25, -0.2) is 0 Å². The zero-order chi connectivity index (χ0) is 14.7. The second-order valence-electron chi connectivity index (χ2n) is 5.41. The zero-order valence-electron chi connectivity index (χ0n) is 12.6. The Morgan fingerprint density at radius 1 is 1.33 bits per heavy atom. The number of pyridine rings is 1. The lowest BCUT2D eigenvalue weighted by molar-refractivity contribution is 0.146. The number of fused-ring (bicyclic) bond motifs is 3. The highest BCUT2D eigenvalue weighted by atomic mass is 16.5. The molecule has 1 aromatic heterocycles. The number of nitrogens with zero attached hydrogens (tertiary/aromatic N) is 1. The SMILES string of the molecule is CCC1COc2cnc3ccc(OCCOC)cc3c2C1. The second-order valence-corrected chi connectivity index (χ2v) is 5.41. The van der Waals surface area contributed by atoms with E-state index in [2.05, 4.69) is 18.0 Å². The Hall–Kier alpha value is -1.81. The fourth-order valence-electron chi connectivity index (χ4n) is 2.69. The van der Waals surface area contributed by atoms with Crippen LogP contribution in [-0.2, 0) is 11.2 Å². The number of benzene rings is 1. The van der Waals surface area contributed by atoms with Crippen LogP contribution in [0.3, 0.4) is 0 Å². The Morgan fingerprint density at radius 3 is 3.05 bits per heavy atom. The summed E-state index contributed by atoms with van der Waals surface area (Å²) in [5, 5.41) is 1.14. The standard InChI is InChI=1S/C17H21NO3/c1-3-12-8-15-14-9-13(20-7-6-19-2)4-5-16(14)18-10-17(15)21-11-12/h4-5,9-10,12H,3,6-8,11H2,1-2H3. The topological polar surface area (TPSA) is 40.6 Å². The van der Waals surface area contributed by atoms with E-state index in [0.29, 0.717) is 19.1 Å². The van der Waals surface area contributed by atoms with Gasteiger partial charge in [-0.3, -0.25) is 4.98 Å². The van der Waals surface area contributed by atoms with Gasteiger partial charge < -0.3 is 14.2 Å². The summed E-state index contributed by atoms with van der Waals surface area (Å²) in [6.45, 7) is 4.14. The third-order valence-electron chi connectivity index (χ3n) is 4.01. The molecule has 4 heteroatoms. The number of ether oxygens (including phenoxy) is 3. The number of aromatic nitrogens is 1. The van der Waals surface area contributed by atoms with E-state index < -0.39 is 0 Å². The van der Waals surface area contributed by atoms with Gasteiger partial charge in [-0.1, -0.05) is 6.92 Å². The predicted molar refractivity (Wildman–Crippen MR) is 82.1 cm³/mol. The highest BCUT2D eigenvalue weighted by molar-refractivity contribution is 5.85. The molecule has 2 aromatic rings. The second kappa shape index (κ2) is 6.31. The number of methoxy groups -OCH3 is 1. The number of hydrogen-bond acceptors (Lipinski definition) is 4. The van der Waals surface area contributed by atoms with Gasteiger partial charge in [0.15, 0.2) is 0 Å². The molecule has 4 nitrogen and oxygen atoms in total.